The molecule has 0 saturated heterocycles. The number of aliphatic hydroxyl groups excluding tert-OH is 1. The second-order valence-electron chi connectivity index (χ2n) is 8.00. The van der Waals surface area contributed by atoms with Crippen LogP contribution >= 0.6 is 0 Å². The van der Waals surface area contributed by atoms with Crippen molar-refractivity contribution >= 4 is 9.84 Å². The second-order valence-corrected chi connectivity index (χ2v) is 9.95. The second kappa shape index (κ2) is 6.17. The number of hydrogen-bond donors (Lipinski definition) is 1. The number of rotatable bonds is 3. The fourth-order valence-electron chi connectivity index (χ4n) is 2.01. The Labute approximate surface area is 135 Å². The molecule has 22 heavy (non-hydrogen) atoms. The fraction of sp³-hybridized carbons (Fsp3) is 0.556. The predicted molar refractivity (Wildman–Crippen MR) is 91.4 cm³/mol. The predicted octanol–water partition coefficient (Wildman–Crippen LogP) is 4.11. The van der Waals surface area contributed by atoms with Gasteiger partial charge in [-0.1, -0.05) is 65.3 Å². The van der Waals surface area contributed by atoms with Crippen molar-refractivity contribution in [3.63, 3.8) is 0 Å². The summed E-state index contributed by atoms with van der Waals surface area (Å²) in [5.74, 6) is 0. The molecule has 3 nitrogen and oxygen atoms in total. The smallest absolute Gasteiger partial charge is 0.205 e. The summed E-state index contributed by atoms with van der Waals surface area (Å²) in [6.45, 7) is 13.2. The molecule has 0 aliphatic rings. The van der Waals surface area contributed by atoms with Crippen LogP contribution in [0.15, 0.2) is 40.1 Å². The SMILES string of the molecule is Cc1ccc(S(=O)(=O)/C(=C/C(C)(C)C)[C@H](O)C(C)(C)C)cc1. The van der Waals surface area contributed by atoms with E-state index in [0.717, 1.165) is 5.56 Å². The lowest BCUT2D eigenvalue weighted by atomic mass is 9.86. The van der Waals surface area contributed by atoms with E-state index in [1.165, 1.54) is 0 Å². The maximum atomic E-state index is 13.0. The van der Waals surface area contributed by atoms with Gasteiger partial charge in [-0.05, 0) is 29.9 Å². The molecule has 0 aliphatic carbocycles. The van der Waals surface area contributed by atoms with Gasteiger partial charge in [0.25, 0.3) is 0 Å². The van der Waals surface area contributed by atoms with E-state index < -0.39 is 21.4 Å². The lowest BCUT2D eigenvalue weighted by Gasteiger charge is -2.29. The van der Waals surface area contributed by atoms with Crippen molar-refractivity contribution in [2.75, 3.05) is 0 Å². The average molecular weight is 324 g/mol. The Balaban J connectivity index is 3.51. The molecule has 0 spiro atoms. The van der Waals surface area contributed by atoms with Crippen LogP contribution in [-0.4, -0.2) is 19.6 Å². The molecule has 1 aromatic rings. The van der Waals surface area contributed by atoms with Crippen molar-refractivity contribution in [1.29, 1.82) is 0 Å². The van der Waals surface area contributed by atoms with Gasteiger partial charge in [0.15, 0.2) is 0 Å². The molecule has 4 heteroatoms. The van der Waals surface area contributed by atoms with Crippen molar-refractivity contribution in [3.05, 3.63) is 40.8 Å². The quantitative estimate of drug-likeness (QED) is 0.910. The molecule has 0 fully saturated rings. The number of benzene rings is 1. The number of aliphatic hydroxyl groups is 1. The van der Waals surface area contributed by atoms with E-state index in [1.807, 2.05) is 48.5 Å². The minimum Gasteiger partial charge on any atom is -0.387 e. The van der Waals surface area contributed by atoms with E-state index in [-0.39, 0.29) is 15.2 Å². The van der Waals surface area contributed by atoms with Crippen molar-refractivity contribution in [2.45, 2.75) is 59.5 Å². The summed E-state index contributed by atoms with van der Waals surface area (Å²) in [6.07, 6.45) is 0.607. The highest BCUT2D eigenvalue weighted by molar-refractivity contribution is 7.95. The summed E-state index contributed by atoms with van der Waals surface area (Å²) in [6, 6.07) is 6.73. The highest BCUT2D eigenvalue weighted by Gasteiger charge is 2.35. The summed E-state index contributed by atoms with van der Waals surface area (Å²) < 4.78 is 26.0. The molecule has 1 rings (SSSR count). The van der Waals surface area contributed by atoms with Crippen molar-refractivity contribution in [2.24, 2.45) is 10.8 Å². The molecule has 0 aliphatic heterocycles. The van der Waals surface area contributed by atoms with Crippen LogP contribution in [-0.2, 0) is 9.84 Å². The van der Waals surface area contributed by atoms with Gasteiger partial charge in [0.1, 0.15) is 0 Å². The van der Waals surface area contributed by atoms with Gasteiger partial charge >= 0.3 is 0 Å². The molecule has 1 atom stereocenters. The van der Waals surface area contributed by atoms with Crippen LogP contribution in [0.1, 0.15) is 47.1 Å². The number of sulfone groups is 1. The summed E-state index contributed by atoms with van der Waals surface area (Å²) >= 11 is 0. The number of allylic oxidation sites excluding steroid dienone is 1. The van der Waals surface area contributed by atoms with Gasteiger partial charge in [-0.3, -0.25) is 0 Å². The Bertz CT molecular complexity index is 639. The van der Waals surface area contributed by atoms with E-state index >= 15 is 0 Å². The zero-order valence-corrected chi connectivity index (χ0v) is 15.5. The topological polar surface area (TPSA) is 54.4 Å². The van der Waals surface area contributed by atoms with Crippen LogP contribution in [0.25, 0.3) is 0 Å². The highest BCUT2D eigenvalue weighted by Crippen LogP contribution is 2.34. The van der Waals surface area contributed by atoms with Gasteiger partial charge in [0.2, 0.25) is 9.84 Å². The third-order valence-electron chi connectivity index (χ3n) is 3.31. The van der Waals surface area contributed by atoms with Crippen LogP contribution in [0, 0.1) is 17.8 Å². The first-order valence-corrected chi connectivity index (χ1v) is 8.96. The normalized spacial score (nSPS) is 15.7. The van der Waals surface area contributed by atoms with Gasteiger partial charge < -0.3 is 5.11 Å². The lowest BCUT2D eigenvalue weighted by molar-refractivity contribution is 0.100. The molecule has 1 aromatic carbocycles. The van der Waals surface area contributed by atoms with Gasteiger partial charge in [-0.25, -0.2) is 8.42 Å². The van der Waals surface area contributed by atoms with Crippen LogP contribution in [0.4, 0.5) is 0 Å². The van der Waals surface area contributed by atoms with Gasteiger partial charge in [-0.15, -0.1) is 0 Å². The van der Waals surface area contributed by atoms with E-state index in [2.05, 4.69) is 0 Å². The van der Waals surface area contributed by atoms with E-state index in [4.69, 9.17) is 0 Å². The molecule has 0 unspecified atom stereocenters. The molecule has 0 aromatic heterocycles. The minimum atomic E-state index is -3.72. The van der Waals surface area contributed by atoms with Crippen LogP contribution in [0.2, 0.25) is 0 Å². The Morgan fingerprint density at radius 2 is 1.50 bits per heavy atom. The van der Waals surface area contributed by atoms with Crippen molar-refractivity contribution < 1.29 is 13.5 Å². The molecule has 0 amide bonds. The van der Waals surface area contributed by atoms with Crippen molar-refractivity contribution in [3.8, 4) is 0 Å². The Morgan fingerprint density at radius 3 is 1.86 bits per heavy atom. The monoisotopic (exact) mass is 324 g/mol. The van der Waals surface area contributed by atoms with Crippen LogP contribution in [0.3, 0.4) is 0 Å². The summed E-state index contributed by atoms with van der Waals surface area (Å²) in [5, 5.41) is 10.6. The molecule has 0 heterocycles. The summed E-state index contributed by atoms with van der Waals surface area (Å²) in [5.41, 5.74) is 0.0884. The first-order valence-electron chi connectivity index (χ1n) is 7.48. The molecule has 0 saturated carbocycles. The third kappa shape index (κ3) is 4.68. The van der Waals surface area contributed by atoms with E-state index in [9.17, 15) is 13.5 Å². The van der Waals surface area contributed by atoms with Crippen LogP contribution in [0.5, 0.6) is 0 Å². The van der Waals surface area contributed by atoms with E-state index in [1.54, 1.807) is 30.3 Å². The minimum absolute atomic E-state index is 0.0800. The molecule has 0 radical (unpaired) electrons. The Kier molecular flexibility index (Phi) is 5.30. The number of hydrogen-bond acceptors (Lipinski definition) is 3. The summed E-state index contributed by atoms with van der Waals surface area (Å²) in [7, 11) is -3.72. The zero-order valence-electron chi connectivity index (χ0n) is 14.6. The Morgan fingerprint density at radius 1 is 1.05 bits per heavy atom. The molecular formula is C18H28O3S. The van der Waals surface area contributed by atoms with Gasteiger partial charge in [-0.2, -0.15) is 0 Å². The standard InChI is InChI=1S/C18H28O3S/c1-13-8-10-14(11-9-13)22(20,21)15(12-17(2,3)4)16(19)18(5,6)7/h8-12,16,19H,1-7H3/b15-12+/t16-/m0/s1. The lowest BCUT2D eigenvalue weighted by Crippen LogP contribution is -2.32. The Hall–Kier alpha value is -1.13. The maximum Gasteiger partial charge on any atom is 0.205 e. The fourth-order valence-corrected chi connectivity index (χ4v) is 3.93. The first kappa shape index (κ1) is 18.9. The summed E-state index contributed by atoms with van der Waals surface area (Å²) in [4.78, 5) is 0.299. The number of aryl methyl sites for hydroxylation is 1. The first-order chi connectivity index (χ1) is 9.75. The van der Waals surface area contributed by atoms with E-state index in [0.29, 0.717) is 0 Å². The largest absolute Gasteiger partial charge is 0.387 e. The average Bonchev–Trinajstić information content (AvgIpc) is 2.33. The molecule has 1 N–H and O–H groups in total. The zero-order chi connectivity index (χ0) is 17.3. The maximum absolute atomic E-state index is 13.0. The van der Waals surface area contributed by atoms with Crippen molar-refractivity contribution in [1.82, 2.24) is 0 Å². The molecule has 124 valence electrons. The van der Waals surface area contributed by atoms with Gasteiger partial charge in [0, 0.05) is 0 Å². The highest BCUT2D eigenvalue weighted by atomic mass is 32.2. The third-order valence-corrected chi connectivity index (χ3v) is 5.16. The van der Waals surface area contributed by atoms with Crippen LogP contribution < -0.4 is 0 Å². The van der Waals surface area contributed by atoms with Gasteiger partial charge in [0.05, 0.1) is 15.9 Å². The molecular weight excluding hydrogens is 296 g/mol. The molecule has 0 bridgehead atoms.